The molecule has 3 N–H and O–H groups in total. The van der Waals surface area contributed by atoms with Gasteiger partial charge in [0, 0.05) is 25.2 Å². The molecular weight excluding hydrogens is 350 g/mol. The van der Waals surface area contributed by atoms with Crippen LogP contribution >= 0.6 is 0 Å². The van der Waals surface area contributed by atoms with Gasteiger partial charge in [-0.15, -0.1) is 0 Å². The van der Waals surface area contributed by atoms with Crippen LogP contribution in [0.3, 0.4) is 0 Å². The molecule has 3 atom stereocenters. The standard InChI is InChI=1S/C19H29N3O5/c1-13-10-16(23)17(27-13)12-22(2)9-5-8-20-19(25)21-15-7-4-6-14(11-15)18(24)26-3/h4,6-7,11,13,16-17,23H,5,8-10,12H2,1-3H3,(H2,20,21,25)/t13-,16-,17?/m0/s1. The highest BCUT2D eigenvalue weighted by molar-refractivity contribution is 5.93. The number of methoxy groups -OCH3 is 1. The lowest BCUT2D eigenvalue weighted by Gasteiger charge is -2.22. The van der Waals surface area contributed by atoms with Gasteiger partial charge in [0.25, 0.3) is 0 Å². The first-order valence-electron chi connectivity index (χ1n) is 9.14. The molecule has 1 fully saturated rings. The minimum Gasteiger partial charge on any atom is -0.465 e. The van der Waals surface area contributed by atoms with E-state index in [0.29, 0.717) is 30.8 Å². The van der Waals surface area contributed by atoms with Crippen LogP contribution in [0.4, 0.5) is 10.5 Å². The molecule has 1 aromatic carbocycles. The monoisotopic (exact) mass is 379 g/mol. The average Bonchev–Trinajstić information content (AvgIpc) is 2.95. The van der Waals surface area contributed by atoms with Crippen LogP contribution in [0, 0.1) is 0 Å². The first kappa shape index (κ1) is 21.1. The number of amides is 2. The zero-order valence-corrected chi connectivity index (χ0v) is 16.1. The summed E-state index contributed by atoms with van der Waals surface area (Å²) in [6.45, 7) is 3.92. The van der Waals surface area contributed by atoms with Crippen molar-refractivity contribution in [1.29, 1.82) is 0 Å². The maximum atomic E-state index is 12.0. The number of rotatable bonds is 8. The summed E-state index contributed by atoms with van der Waals surface area (Å²) in [5.74, 6) is -0.451. The van der Waals surface area contributed by atoms with Gasteiger partial charge in [0.15, 0.2) is 0 Å². The first-order chi connectivity index (χ1) is 12.9. The third kappa shape index (κ3) is 6.82. The second-order valence-electron chi connectivity index (χ2n) is 6.86. The number of hydrogen-bond donors (Lipinski definition) is 3. The molecule has 0 radical (unpaired) electrons. The summed E-state index contributed by atoms with van der Waals surface area (Å²) < 4.78 is 10.3. The number of benzene rings is 1. The molecule has 1 saturated heterocycles. The topological polar surface area (TPSA) is 100 Å². The summed E-state index contributed by atoms with van der Waals surface area (Å²) in [7, 11) is 3.28. The number of hydrogen-bond acceptors (Lipinski definition) is 6. The Morgan fingerprint density at radius 1 is 1.41 bits per heavy atom. The third-order valence-electron chi connectivity index (χ3n) is 4.45. The van der Waals surface area contributed by atoms with Crippen LogP contribution < -0.4 is 10.6 Å². The smallest absolute Gasteiger partial charge is 0.337 e. The fraction of sp³-hybridized carbons (Fsp3) is 0.579. The van der Waals surface area contributed by atoms with Gasteiger partial charge in [-0.25, -0.2) is 9.59 Å². The molecule has 0 spiro atoms. The molecule has 2 amide bonds. The van der Waals surface area contributed by atoms with Gasteiger partial charge in [-0.1, -0.05) is 6.07 Å². The van der Waals surface area contributed by atoms with Crippen molar-refractivity contribution in [3.05, 3.63) is 29.8 Å². The molecular formula is C19H29N3O5. The van der Waals surface area contributed by atoms with Crippen LogP contribution in [0.5, 0.6) is 0 Å². The lowest BCUT2D eigenvalue weighted by Crippen LogP contribution is -2.37. The number of nitrogens with zero attached hydrogens (tertiary/aromatic N) is 1. The van der Waals surface area contributed by atoms with E-state index in [0.717, 1.165) is 13.0 Å². The summed E-state index contributed by atoms with van der Waals surface area (Å²) in [4.78, 5) is 25.6. The minimum absolute atomic E-state index is 0.0986. The second kappa shape index (κ2) is 10.2. The zero-order valence-electron chi connectivity index (χ0n) is 16.1. The molecule has 8 nitrogen and oxygen atoms in total. The van der Waals surface area contributed by atoms with Crippen molar-refractivity contribution in [3.8, 4) is 0 Å². The van der Waals surface area contributed by atoms with Crippen LogP contribution in [0.15, 0.2) is 24.3 Å². The van der Waals surface area contributed by atoms with E-state index in [9.17, 15) is 14.7 Å². The second-order valence-corrected chi connectivity index (χ2v) is 6.86. The lowest BCUT2D eigenvalue weighted by molar-refractivity contribution is -0.00137. The maximum absolute atomic E-state index is 12.0. The van der Waals surface area contributed by atoms with E-state index in [1.54, 1.807) is 24.3 Å². The number of nitrogens with one attached hydrogen (secondary N) is 2. The van der Waals surface area contributed by atoms with Gasteiger partial charge in [-0.2, -0.15) is 0 Å². The molecule has 0 aliphatic carbocycles. The van der Waals surface area contributed by atoms with Crippen LogP contribution in [-0.2, 0) is 9.47 Å². The Hall–Kier alpha value is -2.16. The van der Waals surface area contributed by atoms with Gasteiger partial charge in [0.1, 0.15) is 0 Å². The van der Waals surface area contributed by atoms with E-state index < -0.39 is 12.1 Å². The highest BCUT2D eigenvalue weighted by atomic mass is 16.5. The normalized spacial score (nSPS) is 21.9. The van der Waals surface area contributed by atoms with Crippen molar-refractivity contribution in [2.45, 2.75) is 38.1 Å². The molecule has 0 saturated carbocycles. The molecule has 0 bridgehead atoms. The third-order valence-corrected chi connectivity index (χ3v) is 4.45. The van der Waals surface area contributed by atoms with Gasteiger partial charge < -0.3 is 30.1 Å². The molecule has 8 heteroatoms. The van der Waals surface area contributed by atoms with Crippen LogP contribution in [0.1, 0.15) is 30.1 Å². The van der Waals surface area contributed by atoms with E-state index >= 15 is 0 Å². The van der Waals surface area contributed by atoms with E-state index in [4.69, 9.17) is 4.74 Å². The Kier molecular flexibility index (Phi) is 8.02. The fourth-order valence-corrected chi connectivity index (χ4v) is 3.07. The Labute approximate surface area is 159 Å². The summed E-state index contributed by atoms with van der Waals surface area (Å²) >= 11 is 0. The molecule has 1 heterocycles. The number of carbonyl (C=O) groups is 2. The van der Waals surface area contributed by atoms with Gasteiger partial charge in [0.2, 0.25) is 0 Å². The number of aliphatic hydroxyl groups excluding tert-OH is 1. The summed E-state index contributed by atoms with van der Waals surface area (Å²) in [6, 6.07) is 6.23. The molecule has 1 aliphatic heterocycles. The maximum Gasteiger partial charge on any atom is 0.337 e. The van der Waals surface area contributed by atoms with Crippen molar-refractivity contribution in [1.82, 2.24) is 10.2 Å². The number of carbonyl (C=O) groups excluding carboxylic acids is 2. The SMILES string of the molecule is COC(=O)c1cccc(NC(=O)NCCCN(C)CC2O[C@@H](C)C[C@@H]2O)c1. The number of esters is 1. The zero-order chi connectivity index (χ0) is 19.8. The highest BCUT2D eigenvalue weighted by Gasteiger charge is 2.31. The largest absolute Gasteiger partial charge is 0.465 e. The number of ether oxygens (including phenoxy) is 2. The van der Waals surface area contributed by atoms with Crippen molar-refractivity contribution in [2.24, 2.45) is 0 Å². The minimum atomic E-state index is -0.451. The molecule has 150 valence electrons. The van der Waals surface area contributed by atoms with Gasteiger partial charge >= 0.3 is 12.0 Å². The Morgan fingerprint density at radius 2 is 2.19 bits per heavy atom. The quantitative estimate of drug-likeness (QED) is 0.467. The van der Waals surface area contributed by atoms with Crippen molar-refractivity contribution < 1.29 is 24.2 Å². The molecule has 1 aliphatic rings. The fourth-order valence-electron chi connectivity index (χ4n) is 3.07. The first-order valence-corrected chi connectivity index (χ1v) is 9.14. The molecule has 0 aromatic heterocycles. The van der Waals surface area contributed by atoms with Crippen LogP contribution in [-0.4, -0.2) is 74.1 Å². The Bertz CT molecular complexity index is 640. The van der Waals surface area contributed by atoms with E-state index in [1.807, 2.05) is 14.0 Å². The van der Waals surface area contributed by atoms with Crippen LogP contribution in [0.2, 0.25) is 0 Å². The predicted molar refractivity (Wildman–Crippen MR) is 102 cm³/mol. The Balaban J connectivity index is 1.65. The van der Waals surface area contributed by atoms with E-state index in [2.05, 4.69) is 20.3 Å². The number of anilines is 1. The molecule has 1 aromatic rings. The summed E-state index contributed by atoms with van der Waals surface area (Å²) in [6.07, 6.45) is 0.985. The molecule has 2 rings (SSSR count). The molecule has 1 unspecified atom stereocenters. The van der Waals surface area contributed by atoms with Crippen molar-refractivity contribution in [2.75, 3.05) is 39.1 Å². The highest BCUT2D eigenvalue weighted by Crippen LogP contribution is 2.20. The van der Waals surface area contributed by atoms with E-state index in [-0.39, 0.29) is 18.2 Å². The van der Waals surface area contributed by atoms with Gasteiger partial charge in [0.05, 0.1) is 31.0 Å². The van der Waals surface area contributed by atoms with Gasteiger partial charge in [-0.05, 0) is 45.1 Å². The van der Waals surface area contributed by atoms with Crippen LogP contribution in [0.25, 0.3) is 0 Å². The lowest BCUT2D eigenvalue weighted by atomic mass is 10.1. The summed E-state index contributed by atoms with van der Waals surface area (Å²) in [5.41, 5.74) is 0.900. The van der Waals surface area contributed by atoms with Crippen molar-refractivity contribution in [3.63, 3.8) is 0 Å². The number of likely N-dealkylation sites (N-methyl/N-ethyl adjacent to an activating group) is 1. The van der Waals surface area contributed by atoms with E-state index in [1.165, 1.54) is 7.11 Å². The Morgan fingerprint density at radius 3 is 2.85 bits per heavy atom. The number of urea groups is 1. The van der Waals surface area contributed by atoms with Crippen molar-refractivity contribution >= 4 is 17.7 Å². The predicted octanol–water partition coefficient (Wildman–Crippen LogP) is 1.45. The summed E-state index contributed by atoms with van der Waals surface area (Å²) in [5, 5.41) is 15.4. The number of aliphatic hydroxyl groups is 1. The van der Waals surface area contributed by atoms with Gasteiger partial charge in [-0.3, -0.25) is 0 Å². The average molecular weight is 379 g/mol. The molecule has 27 heavy (non-hydrogen) atoms.